The molecule has 0 saturated carbocycles. The minimum atomic E-state index is -1.36. The summed E-state index contributed by atoms with van der Waals surface area (Å²) < 4.78 is 0. The molecule has 182 valence electrons. The highest BCUT2D eigenvalue weighted by Gasteiger charge is 2.28. The van der Waals surface area contributed by atoms with Gasteiger partial charge in [-0.05, 0) is 26.2 Å². The number of carbonyl (C=O) groups is 5. The average Bonchev–Trinajstić information content (AvgIpc) is 2.71. The predicted molar refractivity (Wildman–Crippen MR) is 119 cm³/mol. The van der Waals surface area contributed by atoms with Gasteiger partial charge in [-0.2, -0.15) is 12.6 Å². The molecule has 0 heterocycles. The number of carboxylic acids is 1. The molecule has 4 unspecified atom stereocenters. The zero-order valence-electron chi connectivity index (χ0n) is 17.7. The summed E-state index contributed by atoms with van der Waals surface area (Å²) in [5.74, 6) is -4.25. The van der Waals surface area contributed by atoms with Crippen LogP contribution in [0.3, 0.4) is 0 Å². The van der Waals surface area contributed by atoms with E-state index in [9.17, 15) is 29.1 Å². The molecule has 0 bridgehead atoms. The highest BCUT2D eigenvalue weighted by Crippen LogP contribution is 2.02. The monoisotopic (exact) mass is 476 g/mol. The van der Waals surface area contributed by atoms with Crippen molar-refractivity contribution in [2.75, 3.05) is 12.3 Å². The highest BCUT2D eigenvalue weighted by molar-refractivity contribution is 7.80. The normalized spacial score (nSPS) is 14.2. The number of nitrogens with one attached hydrogen (secondary N) is 3. The van der Waals surface area contributed by atoms with Crippen LogP contribution in [0.25, 0.3) is 0 Å². The Kier molecular flexibility index (Phi) is 13.4. The van der Waals surface area contributed by atoms with Gasteiger partial charge in [0.25, 0.3) is 0 Å². The minimum absolute atomic E-state index is 0.0505. The van der Waals surface area contributed by atoms with Crippen LogP contribution < -0.4 is 38.9 Å². The van der Waals surface area contributed by atoms with Gasteiger partial charge in [0.05, 0.1) is 6.04 Å². The molecule has 0 aliphatic carbocycles. The number of aliphatic carboxylic acids is 1. The zero-order chi connectivity index (χ0) is 24.8. The number of guanidine groups is 1. The summed E-state index contributed by atoms with van der Waals surface area (Å²) in [6.45, 7) is 1.54. The molecule has 0 rings (SSSR count). The van der Waals surface area contributed by atoms with Crippen molar-refractivity contribution in [2.24, 2.45) is 27.9 Å². The molecule has 0 aliphatic rings. The number of aliphatic imine (C=N–C) groups is 1. The Morgan fingerprint density at radius 2 is 1.53 bits per heavy atom. The van der Waals surface area contributed by atoms with E-state index in [0.717, 1.165) is 0 Å². The molecule has 0 radical (unpaired) electrons. The molecule has 0 aromatic carbocycles. The van der Waals surface area contributed by atoms with E-state index < -0.39 is 53.8 Å². The first-order chi connectivity index (χ1) is 14.9. The first-order valence-corrected chi connectivity index (χ1v) is 10.4. The van der Waals surface area contributed by atoms with E-state index in [2.05, 4.69) is 33.6 Å². The van der Waals surface area contributed by atoms with E-state index in [1.807, 2.05) is 0 Å². The number of primary amides is 1. The Labute approximate surface area is 190 Å². The fourth-order valence-electron chi connectivity index (χ4n) is 2.35. The molecular weight excluding hydrogens is 444 g/mol. The maximum absolute atomic E-state index is 12.6. The lowest BCUT2D eigenvalue weighted by atomic mass is 10.1. The van der Waals surface area contributed by atoms with Crippen molar-refractivity contribution in [1.29, 1.82) is 0 Å². The summed E-state index contributed by atoms with van der Waals surface area (Å²) in [5, 5.41) is 16.3. The molecule has 0 aromatic heterocycles. The Morgan fingerprint density at radius 3 is 2.03 bits per heavy atom. The number of nitrogens with two attached hydrogens (primary N) is 4. The summed E-state index contributed by atoms with van der Waals surface area (Å²) in [6, 6.07) is -4.51. The van der Waals surface area contributed by atoms with Crippen molar-refractivity contribution < 1.29 is 29.1 Å². The standard InChI is InChI=1S/C17H32N8O6S/c1-8(13(27)25-11(16(30)31)4-5-12(19)26)23-15(29)10(3-2-6-22-17(20)21)24-14(28)9(18)7-32/h8-11,32H,2-7,18H2,1H3,(H2,19,26)(H,23,29)(H,24,28)(H,25,27)(H,30,31)(H4,20,21,22). The van der Waals surface area contributed by atoms with E-state index in [-0.39, 0.29) is 37.5 Å². The largest absolute Gasteiger partial charge is 0.480 e. The van der Waals surface area contributed by atoms with Crippen molar-refractivity contribution in [1.82, 2.24) is 16.0 Å². The highest BCUT2D eigenvalue weighted by atomic mass is 32.1. The zero-order valence-corrected chi connectivity index (χ0v) is 18.6. The molecule has 0 aliphatic heterocycles. The van der Waals surface area contributed by atoms with Gasteiger partial charge in [-0.25, -0.2) is 4.79 Å². The SMILES string of the molecule is CC(NC(=O)C(CCCN=C(N)N)NC(=O)C(N)CS)C(=O)NC(CCC(N)=O)C(=O)O. The van der Waals surface area contributed by atoms with Gasteiger partial charge in [-0.3, -0.25) is 24.2 Å². The lowest BCUT2D eigenvalue weighted by Gasteiger charge is -2.23. The summed E-state index contributed by atoms with van der Waals surface area (Å²) in [6.07, 6.45) is 0.0228. The third-order valence-corrected chi connectivity index (χ3v) is 4.55. The number of carboxylic acid groups (broad SMARTS) is 1. The second-order valence-electron chi connectivity index (χ2n) is 6.93. The van der Waals surface area contributed by atoms with Gasteiger partial charge in [0.2, 0.25) is 23.6 Å². The molecule has 4 amide bonds. The fourth-order valence-corrected chi connectivity index (χ4v) is 2.52. The van der Waals surface area contributed by atoms with E-state index >= 15 is 0 Å². The lowest BCUT2D eigenvalue weighted by molar-refractivity contribution is -0.142. The second-order valence-corrected chi connectivity index (χ2v) is 7.30. The maximum Gasteiger partial charge on any atom is 0.326 e. The molecule has 4 atom stereocenters. The van der Waals surface area contributed by atoms with E-state index in [4.69, 9.17) is 22.9 Å². The molecule has 0 saturated heterocycles. The maximum atomic E-state index is 12.6. The summed E-state index contributed by atoms with van der Waals surface area (Å²) in [7, 11) is 0. The van der Waals surface area contributed by atoms with Crippen molar-refractivity contribution in [3.05, 3.63) is 0 Å². The van der Waals surface area contributed by atoms with Crippen molar-refractivity contribution in [2.45, 2.75) is 56.8 Å². The molecule has 0 fully saturated rings. The number of nitrogens with zero attached hydrogens (tertiary/aromatic N) is 1. The van der Waals surface area contributed by atoms with Gasteiger partial charge < -0.3 is 44.0 Å². The van der Waals surface area contributed by atoms with Crippen molar-refractivity contribution >= 4 is 48.2 Å². The van der Waals surface area contributed by atoms with Gasteiger partial charge >= 0.3 is 5.97 Å². The average molecular weight is 477 g/mol. The third-order valence-electron chi connectivity index (χ3n) is 4.16. The molecule has 0 spiro atoms. The smallest absolute Gasteiger partial charge is 0.326 e. The molecule has 14 nitrogen and oxygen atoms in total. The van der Waals surface area contributed by atoms with Gasteiger partial charge in [0.1, 0.15) is 18.1 Å². The Morgan fingerprint density at radius 1 is 0.938 bits per heavy atom. The Bertz CT molecular complexity index is 715. The first-order valence-electron chi connectivity index (χ1n) is 9.73. The number of carbonyl (C=O) groups excluding carboxylic acids is 4. The quantitative estimate of drug-likeness (QED) is 0.0483. The van der Waals surface area contributed by atoms with Crippen molar-refractivity contribution in [3.63, 3.8) is 0 Å². The van der Waals surface area contributed by atoms with Crippen LogP contribution in [-0.2, 0) is 24.0 Å². The number of rotatable bonds is 15. The predicted octanol–water partition coefficient (Wildman–Crippen LogP) is -3.88. The second kappa shape index (κ2) is 14.9. The van der Waals surface area contributed by atoms with Crippen LogP contribution in [0.15, 0.2) is 4.99 Å². The van der Waals surface area contributed by atoms with Crippen LogP contribution in [0.4, 0.5) is 0 Å². The number of hydrogen-bond donors (Lipinski definition) is 9. The van der Waals surface area contributed by atoms with Gasteiger partial charge in [-0.1, -0.05) is 0 Å². The summed E-state index contributed by atoms with van der Waals surface area (Å²) >= 11 is 3.94. The Balaban J connectivity index is 5.09. The van der Waals surface area contributed by atoms with Crippen LogP contribution in [0, 0.1) is 0 Å². The van der Waals surface area contributed by atoms with E-state index in [0.29, 0.717) is 6.42 Å². The molecule has 0 aromatic rings. The first kappa shape index (κ1) is 28.9. The van der Waals surface area contributed by atoms with E-state index in [1.54, 1.807) is 0 Å². The topological polar surface area (TPSA) is 258 Å². The van der Waals surface area contributed by atoms with Crippen LogP contribution in [0.1, 0.15) is 32.6 Å². The molecule has 32 heavy (non-hydrogen) atoms. The molecule has 12 N–H and O–H groups in total. The number of hydrogen-bond acceptors (Lipinski definition) is 8. The Hall–Kier alpha value is -3.07. The summed E-state index contributed by atoms with van der Waals surface area (Å²) in [4.78, 5) is 62.9. The van der Waals surface area contributed by atoms with Crippen LogP contribution >= 0.6 is 12.6 Å². The van der Waals surface area contributed by atoms with Crippen LogP contribution in [-0.4, -0.2) is 77.1 Å². The van der Waals surface area contributed by atoms with Crippen molar-refractivity contribution in [3.8, 4) is 0 Å². The number of thiol groups is 1. The minimum Gasteiger partial charge on any atom is -0.480 e. The third kappa shape index (κ3) is 11.9. The molecular formula is C17H32N8O6S. The van der Waals surface area contributed by atoms with Gasteiger partial charge in [0.15, 0.2) is 5.96 Å². The fraction of sp³-hybridized carbons (Fsp3) is 0.647. The van der Waals surface area contributed by atoms with Gasteiger partial charge in [-0.15, -0.1) is 0 Å². The van der Waals surface area contributed by atoms with Gasteiger partial charge in [0, 0.05) is 18.7 Å². The van der Waals surface area contributed by atoms with Crippen LogP contribution in [0.5, 0.6) is 0 Å². The lowest BCUT2D eigenvalue weighted by Crippen LogP contribution is -2.56. The van der Waals surface area contributed by atoms with E-state index in [1.165, 1.54) is 6.92 Å². The van der Waals surface area contributed by atoms with Crippen LogP contribution in [0.2, 0.25) is 0 Å². The summed E-state index contributed by atoms with van der Waals surface area (Å²) in [5.41, 5.74) is 21.1. The molecule has 15 heteroatoms. The number of amides is 4.